The number of fused-ring (bicyclic) bond motifs is 1. The number of nitrogens with zero attached hydrogens (tertiary/aromatic N) is 3. The van der Waals surface area contributed by atoms with E-state index >= 15 is 0 Å². The maximum absolute atomic E-state index is 14.5. The Morgan fingerprint density at radius 2 is 2.03 bits per heavy atom. The number of carbonyl (C=O) groups is 1. The lowest BCUT2D eigenvalue weighted by atomic mass is 10.1. The van der Waals surface area contributed by atoms with E-state index in [1.54, 1.807) is 6.20 Å². The molecule has 31 heavy (non-hydrogen) atoms. The lowest BCUT2D eigenvalue weighted by Crippen LogP contribution is -2.44. The number of halogens is 3. The second-order valence-electron chi connectivity index (χ2n) is 7.15. The van der Waals surface area contributed by atoms with Gasteiger partial charge in [-0.2, -0.15) is 0 Å². The first kappa shape index (κ1) is 23.1. The van der Waals surface area contributed by atoms with Crippen LogP contribution < -0.4 is 21.3 Å². The number of piperazine rings is 1. The summed E-state index contributed by atoms with van der Waals surface area (Å²) in [6, 6.07) is 2.45. The van der Waals surface area contributed by atoms with Crippen molar-refractivity contribution in [2.45, 2.75) is 13.3 Å². The smallest absolute Gasteiger partial charge is 0.263 e. The van der Waals surface area contributed by atoms with Crippen molar-refractivity contribution in [3.05, 3.63) is 46.1 Å². The van der Waals surface area contributed by atoms with E-state index in [1.807, 2.05) is 11.8 Å². The molecule has 0 aliphatic carbocycles. The van der Waals surface area contributed by atoms with Crippen LogP contribution >= 0.6 is 23.7 Å². The van der Waals surface area contributed by atoms with E-state index in [9.17, 15) is 13.6 Å². The molecule has 2 aromatic heterocycles. The summed E-state index contributed by atoms with van der Waals surface area (Å²) >= 11 is 1.16. The third kappa shape index (κ3) is 4.86. The van der Waals surface area contributed by atoms with Crippen molar-refractivity contribution in [2.24, 2.45) is 0 Å². The molecular formula is C20H23ClF2N6OS. The largest absolute Gasteiger partial charge is 0.396 e. The molecule has 0 bridgehead atoms. The molecule has 4 N–H and O–H groups in total. The molecule has 0 atom stereocenters. The summed E-state index contributed by atoms with van der Waals surface area (Å²) in [6.07, 6.45) is 1.76. The number of benzene rings is 1. The Morgan fingerprint density at radius 1 is 1.29 bits per heavy atom. The van der Waals surface area contributed by atoms with Crippen LogP contribution in [0.4, 0.5) is 20.2 Å². The molecule has 166 valence electrons. The SMILES string of the molecule is Cc1cnc2c(N)c(C(=O)NCCc3cc(F)c(N4CCNCC4)cc3F)sc2n1.Cl. The summed E-state index contributed by atoms with van der Waals surface area (Å²) in [7, 11) is 0. The molecular weight excluding hydrogens is 446 g/mol. The highest BCUT2D eigenvalue weighted by Crippen LogP contribution is 2.30. The number of nitrogens with one attached hydrogen (secondary N) is 2. The van der Waals surface area contributed by atoms with Gasteiger partial charge in [-0.05, 0) is 25.0 Å². The van der Waals surface area contributed by atoms with Gasteiger partial charge < -0.3 is 21.3 Å². The molecule has 1 aliphatic heterocycles. The van der Waals surface area contributed by atoms with E-state index in [-0.39, 0.29) is 48.2 Å². The van der Waals surface area contributed by atoms with Crippen molar-refractivity contribution in [3.8, 4) is 0 Å². The number of nitrogens with two attached hydrogens (primary N) is 1. The van der Waals surface area contributed by atoms with Gasteiger partial charge in [0.2, 0.25) is 0 Å². The number of rotatable bonds is 5. The summed E-state index contributed by atoms with van der Waals surface area (Å²) in [6.45, 7) is 4.69. The fourth-order valence-electron chi connectivity index (χ4n) is 3.45. The van der Waals surface area contributed by atoms with Crippen molar-refractivity contribution < 1.29 is 13.6 Å². The Balaban J connectivity index is 0.00000272. The maximum Gasteiger partial charge on any atom is 0.263 e. The van der Waals surface area contributed by atoms with E-state index in [0.717, 1.165) is 30.1 Å². The molecule has 1 aromatic carbocycles. The number of thiophene rings is 1. The Bertz CT molecular complexity index is 1100. The number of nitrogen functional groups attached to an aromatic ring is 1. The van der Waals surface area contributed by atoms with Gasteiger partial charge in [0.1, 0.15) is 26.9 Å². The average molecular weight is 469 g/mol. The number of hydrogen-bond donors (Lipinski definition) is 3. The summed E-state index contributed by atoms with van der Waals surface area (Å²) in [5.74, 6) is -1.32. The Labute approximate surface area is 188 Å². The molecule has 3 heterocycles. The minimum atomic E-state index is -0.482. The van der Waals surface area contributed by atoms with Gasteiger partial charge in [-0.1, -0.05) is 0 Å². The van der Waals surface area contributed by atoms with Gasteiger partial charge in [-0.15, -0.1) is 23.7 Å². The zero-order chi connectivity index (χ0) is 21.3. The first-order chi connectivity index (χ1) is 14.4. The lowest BCUT2D eigenvalue weighted by Gasteiger charge is -2.30. The predicted molar refractivity (Wildman–Crippen MR) is 121 cm³/mol. The molecule has 4 rings (SSSR count). The molecule has 1 saturated heterocycles. The number of anilines is 2. The third-order valence-electron chi connectivity index (χ3n) is 5.02. The summed E-state index contributed by atoms with van der Waals surface area (Å²) in [5.41, 5.74) is 8.03. The molecule has 0 unspecified atom stereocenters. The summed E-state index contributed by atoms with van der Waals surface area (Å²) in [5, 5.41) is 5.90. The van der Waals surface area contributed by atoms with Crippen LogP contribution in [-0.4, -0.2) is 48.6 Å². The number of amides is 1. The van der Waals surface area contributed by atoms with Gasteiger partial charge in [0.25, 0.3) is 5.91 Å². The van der Waals surface area contributed by atoms with Crippen LogP contribution in [0, 0.1) is 18.6 Å². The first-order valence-electron chi connectivity index (χ1n) is 9.67. The van der Waals surface area contributed by atoms with Crippen molar-refractivity contribution in [2.75, 3.05) is 43.4 Å². The maximum atomic E-state index is 14.5. The Morgan fingerprint density at radius 3 is 2.77 bits per heavy atom. The molecule has 0 saturated carbocycles. The highest BCUT2D eigenvalue weighted by atomic mass is 35.5. The van der Waals surface area contributed by atoms with Crippen LogP contribution in [0.2, 0.25) is 0 Å². The second-order valence-corrected chi connectivity index (χ2v) is 8.15. The van der Waals surface area contributed by atoms with Gasteiger partial charge >= 0.3 is 0 Å². The van der Waals surface area contributed by atoms with Crippen LogP contribution in [0.1, 0.15) is 20.9 Å². The number of aromatic nitrogens is 2. The molecule has 0 radical (unpaired) electrons. The van der Waals surface area contributed by atoms with Crippen molar-refractivity contribution in [1.29, 1.82) is 0 Å². The van der Waals surface area contributed by atoms with Gasteiger partial charge in [0.15, 0.2) is 0 Å². The third-order valence-corrected chi connectivity index (χ3v) is 6.11. The van der Waals surface area contributed by atoms with Crippen molar-refractivity contribution in [3.63, 3.8) is 0 Å². The molecule has 0 spiro atoms. The Kier molecular flexibility index (Phi) is 7.24. The van der Waals surface area contributed by atoms with Crippen LogP contribution in [0.15, 0.2) is 18.3 Å². The first-order valence-corrected chi connectivity index (χ1v) is 10.5. The summed E-state index contributed by atoms with van der Waals surface area (Å²) < 4.78 is 29.0. The number of aryl methyl sites for hydroxylation is 1. The van der Waals surface area contributed by atoms with E-state index < -0.39 is 11.6 Å². The topological polar surface area (TPSA) is 96.2 Å². The highest BCUT2D eigenvalue weighted by molar-refractivity contribution is 7.21. The van der Waals surface area contributed by atoms with Crippen LogP contribution in [0.3, 0.4) is 0 Å². The van der Waals surface area contributed by atoms with E-state index in [2.05, 4.69) is 20.6 Å². The molecule has 3 aromatic rings. The van der Waals surface area contributed by atoms with Crippen LogP contribution in [0.5, 0.6) is 0 Å². The fourth-order valence-corrected chi connectivity index (χ4v) is 4.46. The van der Waals surface area contributed by atoms with E-state index in [0.29, 0.717) is 28.3 Å². The van der Waals surface area contributed by atoms with Gasteiger partial charge in [0, 0.05) is 45.0 Å². The molecule has 1 aliphatic rings. The van der Waals surface area contributed by atoms with Gasteiger partial charge in [0.05, 0.1) is 17.1 Å². The lowest BCUT2D eigenvalue weighted by molar-refractivity contribution is 0.0959. The quantitative estimate of drug-likeness (QED) is 0.532. The molecule has 7 nitrogen and oxygen atoms in total. The minimum Gasteiger partial charge on any atom is -0.396 e. The minimum absolute atomic E-state index is 0. The monoisotopic (exact) mass is 468 g/mol. The highest BCUT2D eigenvalue weighted by Gasteiger charge is 2.20. The average Bonchev–Trinajstić information content (AvgIpc) is 3.06. The van der Waals surface area contributed by atoms with Crippen LogP contribution in [0.25, 0.3) is 10.3 Å². The van der Waals surface area contributed by atoms with E-state index in [4.69, 9.17) is 5.73 Å². The fraction of sp³-hybridized carbons (Fsp3) is 0.350. The molecule has 11 heteroatoms. The number of hydrogen-bond acceptors (Lipinski definition) is 7. The molecule has 1 amide bonds. The molecule has 1 fully saturated rings. The standard InChI is InChI=1S/C20H22F2N6OS.ClH/c1-11-10-26-17-16(23)18(30-20(17)27-11)19(29)25-3-2-12-8-14(22)15(9-13(12)21)28-6-4-24-5-7-28;/h8-10,24H,2-7,23H2,1H3,(H,25,29);1H. The Hall–Kier alpha value is -2.56. The predicted octanol–water partition coefficient (Wildman–Crippen LogP) is 2.66. The van der Waals surface area contributed by atoms with Crippen molar-refractivity contribution in [1.82, 2.24) is 20.6 Å². The van der Waals surface area contributed by atoms with E-state index in [1.165, 1.54) is 12.1 Å². The van der Waals surface area contributed by atoms with Gasteiger partial charge in [-0.3, -0.25) is 4.79 Å². The zero-order valence-corrected chi connectivity index (χ0v) is 18.5. The van der Waals surface area contributed by atoms with Gasteiger partial charge in [-0.25, -0.2) is 18.7 Å². The van der Waals surface area contributed by atoms with Crippen molar-refractivity contribution >= 4 is 51.4 Å². The normalized spacial score (nSPS) is 13.8. The summed E-state index contributed by atoms with van der Waals surface area (Å²) in [4.78, 5) is 23.8. The second kappa shape index (κ2) is 9.71. The van der Waals surface area contributed by atoms with Crippen LogP contribution in [-0.2, 0) is 6.42 Å². The number of carbonyl (C=O) groups excluding carboxylic acids is 1. The zero-order valence-electron chi connectivity index (χ0n) is 16.9.